The van der Waals surface area contributed by atoms with Gasteiger partial charge in [0.1, 0.15) is 11.3 Å². The summed E-state index contributed by atoms with van der Waals surface area (Å²) in [6.45, 7) is 1.29. The Morgan fingerprint density at radius 1 is 1.03 bits per heavy atom. The number of benzene rings is 3. The SMILES string of the molecule is CCOC(=O)C(=CNc1c(O)ccc2ccccc12)C(=O)c1cc(F)c(F)c(F)c1F. The van der Waals surface area contributed by atoms with Crippen molar-refractivity contribution in [1.29, 1.82) is 0 Å². The second kappa shape index (κ2) is 8.86. The molecule has 0 aliphatic rings. The van der Waals surface area contributed by atoms with Gasteiger partial charge in [0.05, 0.1) is 17.9 Å². The predicted molar refractivity (Wildman–Crippen MR) is 105 cm³/mol. The Balaban J connectivity index is 2.09. The van der Waals surface area contributed by atoms with Gasteiger partial charge in [0.15, 0.2) is 23.3 Å². The number of hydrogen-bond donors (Lipinski definition) is 2. The molecule has 0 saturated heterocycles. The van der Waals surface area contributed by atoms with Crippen LogP contribution in [0.15, 0.2) is 54.2 Å². The van der Waals surface area contributed by atoms with E-state index in [4.69, 9.17) is 4.74 Å². The van der Waals surface area contributed by atoms with Crippen LogP contribution in [-0.4, -0.2) is 23.5 Å². The molecular formula is C22H15F4NO4. The van der Waals surface area contributed by atoms with Gasteiger partial charge in [-0.25, -0.2) is 22.4 Å². The van der Waals surface area contributed by atoms with Crippen LogP contribution in [0.3, 0.4) is 0 Å². The zero-order valence-electron chi connectivity index (χ0n) is 16.0. The molecule has 31 heavy (non-hydrogen) atoms. The Hall–Kier alpha value is -3.88. The van der Waals surface area contributed by atoms with Crippen molar-refractivity contribution >= 4 is 28.2 Å². The molecule has 0 amide bonds. The number of carbonyl (C=O) groups is 2. The van der Waals surface area contributed by atoms with E-state index < -0.39 is 46.2 Å². The minimum Gasteiger partial charge on any atom is -0.506 e. The molecule has 0 aliphatic heterocycles. The van der Waals surface area contributed by atoms with Crippen molar-refractivity contribution in [3.05, 3.63) is 83.1 Å². The minimum absolute atomic E-state index is 0.115. The fourth-order valence-corrected chi connectivity index (χ4v) is 2.87. The number of phenols is 1. The number of hydrogen-bond acceptors (Lipinski definition) is 5. The average molecular weight is 433 g/mol. The van der Waals surface area contributed by atoms with E-state index in [9.17, 15) is 32.3 Å². The molecule has 3 aromatic carbocycles. The maximum atomic E-state index is 14.1. The van der Waals surface area contributed by atoms with Crippen LogP contribution in [0.2, 0.25) is 0 Å². The lowest BCUT2D eigenvalue weighted by Gasteiger charge is -2.12. The third-order valence-electron chi connectivity index (χ3n) is 4.36. The Morgan fingerprint density at radius 3 is 2.45 bits per heavy atom. The largest absolute Gasteiger partial charge is 0.506 e. The van der Waals surface area contributed by atoms with Crippen molar-refractivity contribution in [1.82, 2.24) is 0 Å². The number of anilines is 1. The summed E-state index contributed by atoms with van der Waals surface area (Å²) in [7, 11) is 0. The maximum Gasteiger partial charge on any atom is 0.343 e. The molecule has 0 spiro atoms. The topological polar surface area (TPSA) is 75.6 Å². The highest BCUT2D eigenvalue weighted by molar-refractivity contribution is 6.24. The molecule has 5 nitrogen and oxygen atoms in total. The molecule has 0 fully saturated rings. The summed E-state index contributed by atoms with van der Waals surface area (Å²) in [5.41, 5.74) is -1.90. The van der Waals surface area contributed by atoms with E-state index in [0.29, 0.717) is 10.8 Å². The number of esters is 1. The summed E-state index contributed by atoms with van der Waals surface area (Å²) < 4.78 is 59.2. The standard InChI is InChI=1S/C22H15F4NO4/c1-2-31-22(30)14(21(29)13-9-15(23)18(25)19(26)17(13)24)10-27-20-12-6-4-3-5-11(12)7-8-16(20)28/h3-10,27-28H,2H2,1H3. The Labute approximate surface area is 173 Å². The Morgan fingerprint density at radius 2 is 1.74 bits per heavy atom. The maximum absolute atomic E-state index is 14.1. The lowest BCUT2D eigenvalue weighted by atomic mass is 10.0. The summed E-state index contributed by atoms with van der Waals surface area (Å²) in [4.78, 5) is 25.0. The highest BCUT2D eigenvalue weighted by Gasteiger charge is 2.28. The lowest BCUT2D eigenvalue weighted by molar-refractivity contribution is -0.138. The summed E-state index contributed by atoms with van der Waals surface area (Å²) in [5.74, 6) is -10.9. The van der Waals surface area contributed by atoms with Gasteiger partial charge in [-0.05, 0) is 24.4 Å². The van der Waals surface area contributed by atoms with E-state index >= 15 is 0 Å². The summed E-state index contributed by atoms with van der Waals surface area (Å²) >= 11 is 0. The molecule has 160 valence electrons. The number of ether oxygens (including phenoxy) is 1. The van der Waals surface area contributed by atoms with Gasteiger partial charge in [-0.2, -0.15) is 0 Å². The first-order chi connectivity index (χ1) is 14.8. The molecule has 0 bridgehead atoms. The van der Waals surface area contributed by atoms with Crippen LogP contribution >= 0.6 is 0 Å². The number of phenolic OH excluding ortho intramolecular Hbond substituents is 1. The van der Waals surface area contributed by atoms with Crippen LogP contribution in [0.5, 0.6) is 5.75 Å². The summed E-state index contributed by atoms with van der Waals surface area (Å²) in [6.07, 6.45) is 0.820. The Kier molecular flexibility index (Phi) is 6.24. The van der Waals surface area contributed by atoms with Crippen LogP contribution in [0, 0.1) is 23.3 Å². The highest BCUT2D eigenvalue weighted by Crippen LogP contribution is 2.32. The van der Waals surface area contributed by atoms with E-state index in [0.717, 1.165) is 6.20 Å². The van der Waals surface area contributed by atoms with Crippen molar-refractivity contribution in [2.45, 2.75) is 6.92 Å². The number of carbonyl (C=O) groups excluding carboxylic acids is 2. The summed E-state index contributed by atoms with van der Waals surface area (Å²) in [5, 5.41) is 14.0. The van der Waals surface area contributed by atoms with Gasteiger partial charge in [-0.3, -0.25) is 4.79 Å². The third kappa shape index (κ3) is 4.20. The zero-order valence-corrected chi connectivity index (χ0v) is 16.0. The molecular weight excluding hydrogens is 418 g/mol. The number of fused-ring (bicyclic) bond motifs is 1. The van der Waals surface area contributed by atoms with E-state index in [2.05, 4.69) is 5.32 Å². The van der Waals surface area contributed by atoms with Crippen LogP contribution in [-0.2, 0) is 9.53 Å². The van der Waals surface area contributed by atoms with Crippen LogP contribution in [0.4, 0.5) is 23.2 Å². The second-order valence-corrected chi connectivity index (χ2v) is 6.28. The van der Waals surface area contributed by atoms with Gasteiger partial charge in [-0.15, -0.1) is 0 Å². The molecule has 0 radical (unpaired) electrons. The number of ketones is 1. The van der Waals surface area contributed by atoms with E-state index in [1.165, 1.54) is 13.0 Å². The van der Waals surface area contributed by atoms with Crippen LogP contribution < -0.4 is 5.32 Å². The van der Waals surface area contributed by atoms with Gasteiger partial charge in [0.25, 0.3) is 0 Å². The molecule has 9 heteroatoms. The van der Waals surface area contributed by atoms with E-state index in [-0.39, 0.29) is 24.1 Å². The van der Waals surface area contributed by atoms with E-state index in [1.54, 1.807) is 30.3 Å². The normalized spacial score (nSPS) is 11.5. The monoisotopic (exact) mass is 433 g/mol. The first kappa shape index (κ1) is 21.8. The Bertz CT molecular complexity index is 1220. The van der Waals surface area contributed by atoms with Crippen molar-refractivity contribution < 1.29 is 37.0 Å². The van der Waals surface area contributed by atoms with Crippen molar-refractivity contribution in [3.63, 3.8) is 0 Å². The van der Waals surface area contributed by atoms with Crippen molar-refractivity contribution in [2.24, 2.45) is 0 Å². The fourth-order valence-electron chi connectivity index (χ4n) is 2.87. The molecule has 0 unspecified atom stereocenters. The minimum atomic E-state index is -2.19. The number of halogens is 4. The highest BCUT2D eigenvalue weighted by atomic mass is 19.2. The quantitative estimate of drug-likeness (QED) is 0.0670. The zero-order chi connectivity index (χ0) is 22.7. The van der Waals surface area contributed by atoms with Gasteiger partial charge in [0.2, 0.25) is 5.78 Å². The van der Waals surface area contributed by atoms with Crippen molar-refractivity contribution in [3.8, 4) is 5.75 Å². The molecule has 2 N–H and O–H groups in total. The van der Waals surface area contributed by atoms with Crippen LogP contribution in [0.25, 0.3) is 10.8 Å². The van der Waals surface area contributed by atoms with Crippen LogP contribution in [0.1, 0.15) is 17.3 Å². The predicted octanol–water partition coefficient (Wildman–Crippen LogP) is 4.84. The molecule has 3 aromatic rings. The molecule has 3 rings (SSSR count). The van der Waals surface area contributed by atoms with Gasteiger partial charge in [-0.1, -0.05) is 30.3 Å². The average Bonchev–Trinajstić information content (AvgIpc) is 2.76. The smallest absolute Gasteiger partial charge is 0.343 e. The van der Waals surface area contributed by atoms with Gasteiger partial charge in [0, 0.05) is 11.6 Å². The second-order valence-electron chi connectivity index (χ2n) is 6.28. The first-order valence-corrected chi connectivity index (χ1v) is 8.98. The molecule has 0 aliphatic carbocycles. The number of nitrogens with one attached hydrogen (secondary N) is 1. The molecule has 0 atom stereocenters. The third-order valence-corrected chi connectivity index (χ3v) is 4.36. The first-order valence-electron chi connectivity index (χ1n) is 8.98. The number of aromatic hydroxyl groups is 1. The van der Waals surface area contributed by atoms with Gasteiger partial charge < -0.3 is 15.2 Å². The summed E-state index contributed by atoms with van der Waals surface area (Å²) in [6, 6.07) is 10.0. The fraction of sp³-hybridized carbons (Fsp3) is 0.0909. The lowest BCUT2D eigenvalue weighted by Crippen LogP contribution is -2.19. The molecule has 0 aromatic heterocycles. The number of Topliss-reactive ketones (excluding diaryl/α,β-unsaturated/α-hetero) is 1. The van der Waals surface area contributed by atoms with Gasteiger partial charge >= 0.3 is 5.97 Å². The number of rotatable bonds is 6. The van der Waals surface area contributed by atoms with E-state index in [1.807, 2.05) is 0 Å². The molecule has 0 heterocycles. The van der Waals surface area contributed by atoms with Crippen molar-refractivity contribution in [2.75, 3.05) is 11.9 Å². The molecule has 0 saturated carbocycles.